The van der Waals surface area contributed by atoms with Crippen LogP contribution in [0.4, 0.5) is 0 Å². The SMILES string of the molecule is C[C@H](c1cccs1)C(C)(C)O. The van der Waals surface area contributed by atoms with Crippen molar-refractivity contribution >= 4 is 11.3 Å². The molecule has 0 amide bonds. The third-order valence-corrected chi connectivity index (χ3v) is 3.08. The summed E-state index contributed by atoms with van der Waals surface area (Å²) in [5.74, 6) is 0.225. The fourth-order valence-corrected chi connectivity index (χ4v) is 1.85. The van der Waals surface area contributed by atoms with Gasteiger partial charge in [-0.25, -0.2) is 0 Å². The van der Waals surface area contributed by atoms with Gasteiger partial charge in [-0.2, -0.15) is 0 Å². The van der Waals surface area contributed by atoms with Crippen molar-refractivity contribution in [2.24, 2.45) is 0 Å². The monoisotopic (exact) mass is 170 g/mol. The predicted molar refractivity (Wildman–Crippen MR) is 49.0 cm³/mol. The third kappa shape index (κ3) is 2.04. The highest BCUT2D eigenvalue weighted by Crippen LogP contribution is 2.30. The normalized spacial score (nSPS) is 14.9. The van der Waals surface area contributed by atoms with E-state index in [1.165, 1.54) is 4.88 Å². The molecular formula is C9H14OS. The molecule has 0 aliphatic rings. The quantitative estimate of drug-likeness (QED) is 0.723. The van der Waals surface area contributed by atoms with Crippen molar-refractivity contribution < 1.29 is 5.11 Å². The molecule has 0 aliphatic heterocycles. The number of aliphatic hydroxyl groups is 1. The third-order valence-electron chi connectivity index (χ3n) is 2.03. The highest BCUT2D eigenvalue weighted by molar-refractivity contribution is 7.10. The maximum absolute atomic E-state index is 9.66. The standard InChI is InChI=1S/C9H14OS/c1-7(9(2,3)10)8-5-4-6-11-8/h4-7,10H,1-3H3/t7-/m1/s1. The second-order valence-corrected chi connectivity index (χ2v) is 4.37. The lowest BCUT2D eigenvalue weighted by Gasteiger charge is -2.24. The lowest BCUT2D eigenvalue weighted by molar-refractivity contribution is 0.0570. The summed E-state index contributed by atoms with van der Waals surface area (Å²) in [7, 11) is 0. The lowest BCUT2D eigenvalue weighted by Crippen LogP contribution is -2.25. The van der Waals surface area contributed by atoms with E-state index < -0.39 is 5.60 Å². The van der Waals surface area contributed by atoms with Gasteiger partial charge in [-0.1, -0.05) is 13.0 Å². The molecule has 1 rings (SSSR count). The second-order valence-electron chi connectivity index (χ2n) is 3.39. The topological polar surface area (TPSA) is 20.2 Å². The molecule has 0 saturated heterocycles. The van der Waals surface area contributed by atoms with Gasteiger partial charge in [0.05, 0.1) is 5.60 Å². The van der Waals surface area contributed by atoms with E-state index in [1.807, 2.05) is 32.2 Å². The highest BCUT2D eigenvalue weighted by Gasteiger charge is 2.24. The minimum atomic E-state index is -0.606. The van der Waals surface area contributed by atoms with E-state index in [0.717, 1.165) is 0 Å². The van der Waals surface area contributed by atoms with Crippen LogP contribution in [0.3, 0.4) is 0 Å². The Hall–Kier alpha value is -0.340. The maximum atomic E-state index is 9.66. The summed E-state index contributed by atoms with van der Waals surface area (Å²) in [6.45, 7) is 5.74. The van der Waals surface area contributed by atoms with Crippen molar-refractivity contribution in [1.82, 2.24) is 0 Å². The van der Waals surface area contributed by atoms with Gasteiger partial charge in [-0.15, -0.1) is 11.3 Å². The van der Waals surface area contributed by atoms with Crippen LogP contribution < -0.4 is 0 Å². The molecular weight excluding hydrogens is 156 g/mol. The summed E-state index contributed by atoms with van der Waals surface area (Å²) >= 11 is 1.70. The van der Waals surface area contributed by atoms with Crippen LogP contribution in [0.5, 0.6) is 0 Å². The van der Waals surface area contributed by atoms with E-state index in [9.17, 15) is 5.11 Å². The largest absolute Gasteiger partial charge is 0.390 e. The molecule has 0 radical (unpaired) electrons. The Kier molecular flexibility index (Phi) is 2.35. The van der Waals surface area contributed by atoms with Crippen LogP contribution in [0.25, 0.3) is 0 Å². The molecule has 0 spiro atoms. The molecule has 1 atom stereocenters. The number of thiophene rings is 1. The summed E-state index contributed by atoms with van der Waals surface area (Å²) in [6.07, 6.45) is 0. The molecule has 0 aliphatic carbocycles. The smallest absolute Gasteiger partial charge is 0.0665 e. The Morgan fingerprint density at radius 3 is 2.55 bits per heavy atom. The van der Waals surface area contributed by atoms with Crippen molar-refractivity contribution in [3.63, 3.8) is 0 Å². The molecule has 0 unspecified atom stereocenters. The summed E-state index contributed by atoms with van der Waals surface area (Å²) < 4.78 is 0. The van der Waals surface area contributed by atoms with Gasteiger partial charge in [-0.05, 0) is 25.3 Å². The van der Waals surface area contributed by atoms with Crippen LogP contribution >= 0.6 is 11.3 Å². The van der Waals surface area contributed by atoms with Gasteiger partial charge in [-0.3, -0.25) is 0 Å². The molecule has 0 saturated carbocycles. The van der Waals surface area contributed by atoms with Crippen molar-refractivity contribution in [3.05, 3.63) is 22.4 Å². The highest BCUT2D eigenvalue weighted by atomic mass is 32.1. The first kappa shape index (κ1) is 8.75. The van der Waals surface area contributed by atoms with Crippen molar-refractivity contribution in [3.8, 4) is 0 Å². The molecule has 0 fully saturated rings. The summed E-state index contributed by atoms with van der Waals surface area (Å²) in [6, 6.07) is 4.08. The van der Waals surface area contributed by atoms with Crippen LogP contribution in [0.2, 0.25) is 0 Å². The second kappa shape index (κ2) is 2.95. The molecule has 2 heteroatoms. The minimum absolute atomic E-state index is 0.225. The first-order valence-electron chi connectivity index (χ1n) is 3.77. The van der Waals surface area contributed by atoms with Crippen LogP contribution in [0.15, 0.2) is 17.5 Å². The Labute approximate surface area is 71.7 Å². The average molecular weight is 170 g/mol. The minimum Gasteiger partial charge on any atom is -0.390 e. The maximum Gasteiger partial charge on any atom is 0.0665 e. The fourth-order valence-electron chi connectivity index (χ4n) is 0.886. The van der Waals surface area contributed by atoms with Gasteiger partial charge in [0.1, 0.15) is 0 Å². The van der Waals surface area contributed by atoms with E-state index in [1.54, 1.807) is 11.3 Å². The molecule has 1 aromatic rings. The van der Waals surface area contributed by atoms with Gasteiger partial charge in [0, 0.05) is 10.8 Å². The molecule has 11 heavy (non-hydrogen) atoms. The Balaban J connectivity index is 2.78. The molecule has 1 N–H and O–H groups in total. The average Bonchev–Trinajstić information content (AvgIpc) is 2.34. The van der Waals surface area contributed by atoms with E-state index in [4.69, 9.17) is 0 Å². The van der Waals surface area contributed by atoms with E-state index in [0.29, 0.717) is 0 Å². The van der Waals surface area contributed by atoms with Crippen LogP contribution in [-0.4, -0.2) is 10.7 Å². The van der Waals surface area contributed by atoms with E-state index in [2.05, 4.69) is 6.07 Å². The molecule has 62 valence electrons. The van der Waals surface area contributed by atoms with Gasteiger partial charge in [0.2, 0.25) is 0 Å². The zero-order valence-electron chi connectivity index (χ0n) is 7.16. The van der Waals surface area contributed by atoms with Gasteiger partial charge in [0.15, 0.2) is 0 Å². The zero-order valence-corrected chi connectivity index (χ0v) is 7.98. The Bertz CT molecular complexity index is 208. The van der Waals surface area contributed by atoms with Crippen LogP contribution in [0.1, 0.15) is 31.6 Å². The first-order valence-corrected chi connectivity index (χ1v) is 4.65. The fraction of sp³-hybridized carbons (Fsp3) is 0.556. The first-order chi connectivity index (χ1) is 5.02. The molecule has 0 bridgehead atoms. The van der Waals surface area contributed by atoms with Crippen LogP contribution in [0, 0.1) is 0 Å². The van der Waals surface area contributed by atoms with Crippen molar-refractivity contribution in [2.75, 3.05) is 0 Å². The van der Waals surface area contributed by atoms with E-state index in [-0.39, 0.29) is 5.92 Å². The molecule has 1 heterocycles. The zero-order chi connectivity index (χ0) is 8.48. The van der Waals surface area contributed by atoms with Crippen molar-refractivity contribution in [2.45, 2.75) is 32.3 Å². The van der Waals surface area contributed by atoms with Gasteiger partial charge in [0.25, 0.3) is 0 Å². The molecule has 0 aromatic carbocycles. The summed E-state index contributed by atoms with van der Waals surface area (Å²) in [5.41, 5.74) is -0.606. The number of hydrogen-bond acceptors (Lipinski definition) is 2. The summed E-state index contributed by atoms with van der Waals surface area (Å²) in [5, 5.41) is 11.7. The Morgan fingerprint density at radius 2 is 2.18 bits per heavy atom. The van der Waals surface area contributed by atoms with Crippen LogP contribution in [-0.2, 0) is 0 Å². The Morgan fingerprint density at radius 1 is 1.55 bits per heavy atom. The van der Waals surface area contributed by atoms with Gasteiger partial charge < -0.3 is 5.11 Å². The number of rotatable bonds is 2. The lowest BCUT2D eigenvalue weighted by atomic mass is 9.92. The number of hydrogen-bond donors (Lipinski definition) is 1. The molecule has 1 nitrogen and oxygen atoms in total. The van der Waals surface area contributed by atoms with Gasteiger partial charge >= 0.3 is 0 Å². The van der Waals surface area contributed by atoms with E-state index >= 15 is 0 Å². The summed E-state index contributed by atoms with van der Waals surface area (Å²) in [4.78, 5) is 1.25. The predicted octanol–water partition coefficient (Wildman–Crippen LogP) is 2.62. The molecule has 1 aromatic heterocycles. The van der Waals surface area contributed by atoms with Crippen molar-refractivity contribution in [1.29, 1.82) is 0 Å².